The minimum Gasteiger partial charge on any atom is -0.463 e. The highest BCUT2D eigenvalue weighted by molar-refractivity contribution is 8.11. The van der Waals surface area contributed by atoms with Gasteiger partial charge in [-0.1, -0.05) is 87.5 Å². The van der Waals surface area contributed by atoms with Gasteiger partial charge in [0.15, 0.2) is 0 Å². The molecule has 4 rings (SSSR count). The Morgan fingerprint density at radius 2 is 1.84 bits per heavy atom. The van der Waals surface area contributed by atoms with Gasteiger partial charge in [-0.15, -0.1) is 0 Å². The van der Waals surface area contributed by atoms with Crippen molar-refractivity contribution in [2.24, 2.45) is 17.3 Å². The van der Waals surface area contributed by atoms with Crippen molar-refractivity contribution in [3.63, 3.8) is 0 Å². The molecule has 0 saturated heterocycles. The minimum absolute atomic E-state index is 0.0331. The van der Waals surface area contributed by atoms with Gasteiger partial charge in [0.05, 0.1) is 30.1 Å². The summed E-state index contributed by atoms with van der Waals surface area (Å²) in [5.74, 6) is -0.778. The maximum absolute atomic E-state index is 13.7. The van der Waals surface area contributed by atoms with Crippen LogP contribution in [0.2, 0.25) is 0 Å². The lowest BCUT2D eigenvalue weighted by Crippen LogP contribution is -2.38. The van der Waals surface area contributed by atoms with Crippen LogP contribution in [0, 0.1) is 39.9 Å². The molecule has 45 heavy (non-hydrogen) atoms. The molecule has 236 valence electrons. The number of allylic oxidation sites excluding steroid dienone is 2. The summed E-state index contributed by atoms with van der Waals surface area (Å²) in [6.45, 7) is 9.34. The molecule has 0 aromatic heterocycles. The van der Waals surface area contributed by atoms with E-state index in [0.717, 1.165) is 21.4 Å². The highest BCUT2D eigenvalue weighted by atomic mass is 32.2. The molecule has 0 heterocycles. The molecular formula is C36H37F3N2O3S. The quantitative estimate of drug-likeness (QED) is 0.190. The second kappa shape index (κ2) is 14.5. The number of carbonyl (C=O) groups excluding carboxylic acids is 1. The molecule has 2 aromatic carbocycles. The number of nitriles is 2. The fraction of sp³-hybridized carbons (Fsp3) is 0.417. The molecule has 2 aliphatic rings. The van der Waals surface area contributed by atoms with Crippen molar-refractivity contribution >= 4 is 28.7 Å². The smallest absolute Gasteiger partial charge is 0.393 e. The average molecular weight is 635 g/mol. The highest BCUT2D eigenvalue weighted by Gasteiger charge is 2.33. The Kier molecular flexibility index (Phi) is 11.0. The first-order valence-corrected chi connectivity index (χ1v) is 15.9. The number of ether oxygens (including phenoxy) is 2. The Morgan fingerprint density at radius 1 is 1.09 bits per heavy atom. The van der Waals surface area contributed by atoms with Crippen molar-refractivity contribution in [1.29, 1.82) is 10.5 Å². The number of nitrogens with zero attached hydrogens (tertiary/aromatic N) is 2. The first-order chi connectivity index (χ1) is 21.4. The van der Waals surface area contributed by atoms with Crippen molar-refractivity contribution in [2.75, 3.05) is 19.8 Å². The lowest BCUT2D eigenvalue weighted by Gasteiger charge is -2.34. The predicted molar refractivity (Wildman–Crippen MR) is 171 cm³/mol. The molecule has 2 atom stereocenters. The molecule has 0 spiro atoms. The third kappa shape index (κ3) is 8.09. The second-order valence-electron chi connectivity index (χ2n) is 11.8. The van der Waals surface area contributed by atoms with Crippen molar-refractivity contribution in [1.82, 2.24) is 0 Å². The van der Waals surface area contributed by atoms with E-state index in [9.17, 15) is 28.5 Å². The monoisotopic (exact) mass is 634 g/mol. The summed E-state index contributed by atoms with van der Waals surface area (Å²) >= 11 is 1.45. The van der Waals surface area contributed by atoms with Crippen molar-refractivity contribution in [3.05, 3.63) is 80.6 Å². The van der Waals surface area contributed by atoms with E-state index in [1.807, 2.05) is 25.2 Å². The number of fused-ring (bicyclic) bond motifs is 1. The van der Waals surface area contributed by atoms with E-state index < -0.39 is 18.5 Å². The van der Waals surface area contributed by atoms with Gasteiger partial charge < -0.3 is 9.47 Å². The van der Waals surface area contributed by atoms with Crippen LogP contribution in [-0.2, 0) is 20.7 Å². The summed E-state index contributed by atoms with van der Waals surface area (Å²) in [5, 5.41) is 21.8. The minimum atomic E-state index is -4.47. The van der Waals surface area contributed by atoms with Gasteiger partial charge in [-0.05, 0) is 58.4 Å². The third-order valence-corrected chi connectivity index (χ3v) is 9.63. The van der Waals surface area contributed by atoms with Gasteiger partial charge in [0.2, 0.25) is 0 Å². The van der Waals surface area contributed by atoms with Gasteiger partial charge in [0.1, 0.15) is 18.7 Å². The Labute approximate surface area is 266 Å². The number of hydrogen-bond acceptors (Lipinski definition) is 6. The Morgan fingerprint density at radius 3 is 2.51 bits per heavy atom. The summed E-state index contributed by atoms with van der Waals surface area (Å²) in [6.07, 6.45) is 4.13. The molecule has 2 aromatic rings. The van der Waals surface area contributed by atoms with E-state index in [1.165, 1.54) is 17.8 Å². The van der Waals surface area contributed by atoms with Crippen LogP contribution in [0.5, 0.6) is 0 Å². The van der Waals surface area contributed by atoms with E-state index >= 15 is 0 Å². The second-order valence-corrected chi connectivity index (χ2v) is 13.0. The molecule has 0 saturated carbocycles. The number of halogens is 3. The van der Waals surface area contributed by atoms with Crippen molar-refractivity contribution in [2.45, 2.75) is 59.6 Å². The zero-order chi connectivity index (χ0) is 32.8. The summed E-state index contributed by atoms with van der Waals surface area (Å²) < 4.78 is 51.9. The standard InChI is InChI=1S/C36H37F3N2O3S/c1-5-35(3,4)27-17-25-16-26(21-40)30(22-41)33(29-13-8-7-10-24(29)20-36(37,38)39)32(25)31(19-27)45-28-12-9-11-23(18-28)34(42)44-15-14-43-6-2/h7-10,12-13,16-18,23,27H,5-6,11,14-15,19-20H2,1-4H3. The van der Waals surface area contributed by atoms with Crippen LogP contribution in [0.15, 0.2) is 53.5 Å². The molecule has 0 fully saturated rings. The fourth-order valence-corrected chi connectivity index (χ4v) is 6.92. The lowest BCUT2D eigenvalue weighted by atomic mass is 9.72. The van der Waals surface area contributed by atoms with E-state index in [0.29, 0.717) is 36.8 Å². The van der Waals surface area contributed by atoms with Crippen LogP contribution in [-0.4, -0.2) is 32.0 Å². The number of esters is 1. The SMILES string of the molecule is CCOCCOC(=O)C1C=C(SC2=c3c(-c4ccccc4CC(F)(F)F)c(C#N)c(C#N)cc3=CC(C(C)(C)CC)C2)C=CC1. The zero-order valence-corrected chi connectivity index (χ0v) is 26.8. The normalized spacial score (nSPS) is 17.9. The number of hydrogen-bond donors (Lipinski definition) is 0. The van der Waals surface area contributed by atoms with E-state index in [-0.39, 0.29) is 46.2 Å². The molecule has 9 heteroatoms. The molecule has 2 aliphatic carbocycles. The molecule has 2 unspecified atom stereocenters. The first kappa shape index (κ1) is 34.1. The summed E-state index contributed by atoms with van der Waals surface area (Å²) in [6, 6.07) is 12.2. The number of benzene rings is 2. The van der Waals surface area contributed by atoms with Gasteiger partial charge in [0, 0.05) is 22.3 Å². The highest BCUT2D eigenvalue weighted by Crippen LogP contribution is 2.43. The topological polar surface area (TPSA) is 83.1 Å². The zero-order valence-electron chi connectivity index (χ0n) is 26.0. The van der Waals surface area contributed by atoms with Crippen LogP contribution in [0.1, 0.15) is 63.6 Å². The molecule has 0 radical (unpaired) electrons. The number of rotatable bonds is 11. The molecule has 0 aliphatic heterocycles. The first-order valence-electron chi connectivity index (χ1n) is 15.1. The Bertz CT molecular complexity index is 1710. The number of carbonyl (C=O) groups is 1. The molecular weight excluding hydrogens is 597 g/mol. The van der Waals surface area contributed by atoms with Gasteiger partial charge in [0.25, 0.3) is 0 Å². The van der Waals surface area contributed by atoms with Crippen LogP contribution in [0.4, 0.5) is 13.2 Å². The predicted octanol–water partition coefficient (Wildman–Crippen LogP) is 7.32. The van der Waals surface area contributed by atoms with Gasteiger partial charge in [-0.2, -0.15) is 23.7 Å². The summed E-state index contributed by atoms with van der Waals surface area (Å²) in [5.41, 5.74) is 0.700. The summed E-state index contributed by atoms with van der Waals surface area (Å²) in [7, 11) is 0. The van der Waals surface area contributed by atoms with Gasteiger partial charge >= 0.3 is 12.1 Å². The summed E-state index contributed by atoms with van der Waals surface area (Å²) in [4.78, 5) is 14.5. The number of thioether (sulfide) groups is 1. The van der Waals surface area contributed by atoms with Crippen LogP contribution < -0.4 is 10.4 Å². The average Bonchev–Trinajstić information content (AvgIpc) is 3.01. The van der Waals surface area contributed by atoms with E-state index in [4.69, 9.17) is 9.47 Å². The van der Waals surface area contributed by atoms with Crippen molar-refractivity contribution < 1.29 is 27.4 Å². The van der Waals surface area contributed by atoms with Gasteiger partial charge in [-0.3, -0.25) is 4.79 Å². The number of alkyl halides is 3. The molecule has 0 N–H and O–H groups in total. The Balaban J connectivity index is 1.95. The van der Waals surface area contributed by atoms with E-state index in [2.05, 4.69) is 39.0 Å². The van der Waals surface area contributed by atoms with Crippen LogP contribution in [0.3, 0.4) is 0 Å². The third-order valence-electron chi connectivity index (χ3n) is 8.51. The maximum atomic E-state index is 13.7. The molecule has 0 bridgehead atoms. The van der Waals surface area contributed by atoms with E-state index in [1.54, 1.807) is 24.3 Å². The lowest BCUT2D eigenvalue weighted by molar-refractivity contribution is -0.148. The van der Waals surface area contributed by atoms with Gasteiger partial charge in [-0.25, -0.2) is 0 Å². The fourth-order valence-electron chi connectivity index (χ4n) is 5.66. The molecule has 0 amide bonds. The molecule has 5 nitrogen and oxygen atoms in total. The van der Waals surface area contributed by atoms with Crippen LogP contribution in [0.25, 0.3) is 22.1 Å². The largest absolute Gasteiger partial charge is 0.463 e. The Hall–Kier alpha value is -3.79. The maximum Gasteiger partial charge on any atom is 0.393 e. The van der Waals surface area contributed by atoms with Crippen molar-refractivity contribution in [3.8, 4) is 23.3 Å². The van der Waals surface area contributed by atoms with Crippen LogP contribution >= 0.6 is 11.8 Å².